The standard InChI is InChI=1S/C8H6F4I.C6H8F3N2.C4H6N2.2CHF3O3S/c9-6-1-3-7(4-2-6)13-5-8(10,11)12;1-10-2-3-11(5-10)4-6(7,8)9;1-6-3-2-5-4-6;2*2-1(3,4)8(5,6)7/h1-4H,5H2;2-3,5H,4H2,1H3;2-4H,1H3;2*(H,5,6,7)/q2*+1;;;/p-2. The molecule has 2 aromatic heterocycles. The average molecular weight is 850 g/mol. The van der Waals surface area contributed by atoms with Crippen LogP contribution in [0.25, 0.3) is 0 Å². The molecular formula is C20H20F13IN4O6S2. The third-order valence-corrected chi connectivity index (χ3v) is 7.55. The summed E-state index contributed by atoms with van der Waals surface area (Å²) in [7, 11) is -8.57. The summed E-state index contributed by atoms with van der Waals surface area (Å²) < 4.78 is 205. The predicted octanol–water partition coefficient (Wildman–Crippen LogP) is 1.04. The lowest BCUT2D eigenvalue weighted by Gasteiger charge is -2.08. The number of nitrogens with zero attached hydrogens (tertiary/aromatic N) is 4. The van der Waals surface area contributed by atoms with Crippen LogP contribution in [0, 0.1) is 9.39 Å². The Bertz CT molecular complexity index is 1450. The Labute approximate surface area is 262 Å². The lowest BCUT2D eigenvalue weighted by Crippen LogP contribution is -3.63. The van der Waals surface area contributed by atoms with E-state index in [1.54, 1.807) is 30.3 Å². The highest BCUT2D eigenvalue weighted by molar-refractivity contribution is 7.86. The summed E-state index contributed by atoms with van der Waals surface area (Å²) in [5.74, 6) is -0.417. The largest absolute Gasteiger partial charge is 0.741 e. The molecule has 3 rings (SSSR count). The Hall–Kier alpha value is -2.72. The fraction of sp³-hybridized carbons (Fsp3) is 0.400. The minimum absolute atomic E-state index is 0.417. The van der Waals surface area contributed by atoms with Crippen molar-refractivity contribution in [3.63, 3.8) is 0 Å². The lowest BCUT2D eigenvalue weighted by molar-refractivity contribution is -0.671. The van der Waals surface area contributed by atoms with Gasteiger partial charge < -0.3 is 13.7 Å². The summed E-state index contributed by atoms with van der Waals surface area (Å²) in [5, 5.41) is 0. The Morgan fingerprint density at radius 2 is 1.24 bits per heavy atom. The highest BCUT2D eigenvalue weighted by atomic mass is 127. The van der Waals surface area contributed by atoms with Gasteiger partial charge in [-0.3, -0.25) is 0 Å². The van der Waals surface area contributed by atoms with Gasteiger partial charge in [-0.15, -0.1) is 0 Å². The van der Waals surface area contributed by atoms with Crippen LogP contribution in [0.1, 0.15) is 0 Å². The van der Waals surface area contributed by atoms with Gasteiger partial charge >= 0.3 is 44.6 Å². The van der Waals surface area contributed by atoms with E-state index in [-0.39, 0.29) is 0 Å². The number of aromatic nitrogens is 4. The van der Waals surface area contributed by atoms with Crippen LogP contribution in [0.15, 0.2) is 61.7 Å². The van der Waals surface area contributed by atoms with Gasteiger partial charge in [-0.25, -0.2) is 35.3 Å². The van der Waals surface area contributed by atoms with Crippen LogP contribution in [-0.2, 0) is 40.9 Å². The van der Waals surface area contributed by atoms with Gasteiger partial charge in [0.2, 0.25) is 10.8 Å². The van der Waals surface area contributed by atoms with Crippen molar-refractivity contribution >= 4 is 20.2 Å². The first-order chi connectivity index (χ1) is 20.3. The van der Waals surface area contributed by atoms with Crippen molar-refractivity contribution in [2.24, 2.45) is 14.1 Å². The smallest absolute Gasteiger partial charge is 0.485 e. The zero-order chi connectivity index (χ0) is 36.8. The number of hydrogen-bond acceptors (Lipinski definition) is 7. The summed E-state index contributed by atoms with van der Waals surface area (Å²) in [6.07, 6.45) is 1.49. The number of aryl methyl sites for hydroxylation is 2. The molecule has 2 heterocycles. The van der Waals surface area contributed by atoms with E-state index >= 15 is 0 Å². The van der Waals surface area contributed by atoms with E-state index in [1.165, 1.54) is 36.8 Å². The van der Waals surface area contributed by atoms with E-state index in [0.29, 0.717) is 3.57 Å². The lowest BCUT2D eigenvalue weighted by atomic mass is 10.4. The molecule has 0 spiro atoms. The first-order valence-electron chi connectivity index (χ1n) is 10.8. The SMILES string of the molecule is C[n+]1ccn(CC(F)(F)F)c1.Cn1ccnc1.Fc1ccc([I+]CC(F)(F)F)cc1.O=S(=O)([O-])C(F)(F)F.O=S(=O)([O-])C(F)(F)F. The third-order valence-electron chi connectivity index (χ3n) is 3.57. The van der Waals surface area contributed by atoms with E-state index in [9.17, 15) is 57.1 Å². The molecule has 26 heteroatoms. The van der Waals surface area contributed by atoms with Crippen LogP contribution in [0.5, 0.6) is 0 Å². The normalized spacial score (nSPS) is 12.2. The molecule has 0 aliphatic heterocycles. The number of alkyl halides is 13. The first kappa shape index (κ1) is 45.4. The zero-order valence-electron chi connectivity index (χ0n) is 22.5. The van der Waals surface area contributed by atoms with Crippen molar-refractivity contribution in [2.75, 3.05) is 4.43 Å². The van der Waals surface area contributed by atoms with E-state index < -0.39 is 81.6 Å². The van der Waals surface area contributed by atoms with E-state index in [4.69, 9.17) is 25.9 Å². The topological polar surface area (TPSA) is 141 Å². The van der Waals surface area contributed by atoms with Gasteiger partial charge in [0.05, 0.1) is 13.4 Å². The van der Waals surface area contributed by atoms with Crippen LogP contribution in [0.3, 0.4) is 0 Å². The number of hydrogen-bond donors (Lipinski definition) is 0. The molecule has 0 amide bonds. The molecule has 0 aliphatic rings. The van der Waals surface area contributed by atoms with Gasteiger partial charge in [0.15, 0.2) is 30.4 Å². The molecule has 0 unspecified atom stereocenters. The van der Waals surface area contributed by atoms with Crippen LogP contribution >= 0.6 is 0 Å². The second-order valence-corrected chi connectivity index (χ2v) is 13.2. The molecule has 3 aromatic rings. The first-order valence-corrected chi connectivity index (χ1v) is 16.2. The van der Waals surface area contributed by atoms with Gasteiger partial charge in [0.1, 0.15) is 18.2 Å². The molecule has 0 radical (unpaired) electrons. The van der Waals surface area contributed by atoms with Crippen LogP contribution < -0.4 is 25.8 Å². The predicted molar refractivity (Wildman–Crippen MR) is 122 cm³/mol. The van der Waals surface area contributed by atoms with Crippen molar-refractivity contribution in [3.8, 4) is 0 Å². The molecule has 0 N–H and O–H groups in total. The minimum Gasteiger partial charge on any atom is -0.741 e. The number of rotatable bonds is 3. The number of benzene rings is 1. The van der Waals surface area contributed by atoms with Crippen LogP contribution in [-0.4, -0.2) is 67.9 Å². The molecule has 266 valence electrons. The van der Waals surface area contributed by atoms with Gasteiger partial charge in [-0.05, 0) is 24.3 Å². The summed E-state index contributed by atoms with van der Waals surface area (Å²) >= 11 is -1.07. The Balaban J connectivity index is 0. The van der Waals surface area contributed by atoms with Crippen molar-refractivity contribution in [1.29, 1.82) is 0 Å². The molecular weight excluding hydrogens is 830 g/mol. The monoisotopic (exact) mass is 850 g/mol. The Morgan fingerprint density at radius 1 is 0.804 bits per heavy atom. The minimum atomic E-state index is -6.09. The molecule has 10 nitrogen and oxygen atoms in total. The molecule has 0 bridgehead atoms. The van der Waals surface area contributed by atoms with Crippen molar-refractivity contribution in [1.82, 2.24) is 14.1 Å². The highest BCUT2D eigenvalue weighted by Gasteiger charge is 2.38. The van der Waals surface area contributed by atoms with Gasteiger partial charge in [0, 0.05) is 19.4 Å². The maximum atomic E-state index is 12.4. The van der Waals surface area contributed by atoms with E-state index in [2.05, 4.69) is 4.98 Å². The Morgan fingerprint density at radius 3 is 1.48 bits per heavy atom. The van der Waals surface area contributed by atoms with Crippen molar-refractivity contribution < 1.29 is 109 Å². The van der Waals surface area contributed by atoms with E-state index in [0.717, 1.165) is 4.57 Å². The van der Waals surface area contributed by atoms with Crippen LogP contribution in [0.2, 0.25) is 0 Å². The summed E-state index contributed by atoms with van der Waals surface area (Å²) in [6, 6.07) is 5.19. The number of imidazole rings is 2. The second-order valence-electron chi connectivity index (χ2n) is 7.71. The molecule has 46 heavy (non-hydrogen) atoms. The molecule has 1 aromatic carbocycles. The maximum absolute atomic E-state index is 12.4. The van der Waals surface area contributed by atoms with Gasteiger partial charge in [-0.1, -0.05) is 0 Å². The van der Waals surface area contributed by atoms with Crippen molar-refractivity contribution in [3.05, 3.63) is 71.1 Å². The fourth-order valence-electron chi connectivity index (χ4n) is 1.80. The molecule has 0 aliphatic carbocycles. The average Bonchev–Trinajstić information content (AvgIpc) is 3.46. The third kappa shape index (κ3) is 24.5. The number of halogens is 14. The quantitative estimate of drug-likeness (QED) is 0.0959. The molecule has 0 saturated heterocycles. The summed E-state index contributed by atoms with van der Waals surface area (Å²) in [6.45, 7) is -0.923. The maximum Gasteiger partial charge on any atom is 0.485 e. The van der Waals surface area contributed by atoms with Crippen LogP contribution in [0.4, 0.5) is 57.1 Å². The highest BCUT2D eigenvalue weighted by Crippen LogP contribution is 2.21. The summed E-state index contributed by atoms with van der Waals surface area (Å²) in [4.78, 5) is 3.78. The Kier molecular flexibility index (Phi) is 18.3. The molecule has 0 fully saturated rings. The molecule has 0 atom stereocenters. The summed E-state index contributed by atoms with van der Waals surface area (Å²) in [5.41, 5.74) is -11.3. The van der Waals surface area contributed by atoms with Gasteiger partial charge in [0.25, 0.3) is 0 Å². The molecule has 0 saturated carbocycles. The zero-order valence-corrected chi connectivity index (χ0v) is 26.3. The van der Waals surface area contributed by atoms with Crippen molar-refractivity contribution in [2.45, 2.75) is 29.9 Å². The van der Waals surface area contributed by atoms with Gasteiger partial charge in [-0.2, -0.15) is 52.7 Å². The second kappa shape index (κ2) is 18.6. The van der Waals surface area contributed by atoms with E-state index in [1.807, 2.05) is 17.8 Å². The fourth-order valence-corrected chi connectivity index (χ4v) is 3.54.